The summed E-state index contributed by atoms with van der Waals surface area (Å²) in [6.07, 6.45) is 9.23. The van der Waals surface area contributed by atoms with E-state index in [-0.39, 0.29) is 0 Å². The zero-order valence-corrected chi connectivity index (χ0v) is 13.9. The second kappa shape index (κ2) is 6.19. The maximum Gasteiger partial charge on any atom is 0.222 e. The molecule has 1 aliphatic heterocycles. The first kappa shape index (κ1) is 14.5. The van der Waals surface area contributed by atoms with E-state index in [9.17, 15) is 4.79 Å². The molecule has 1 saturated heterocycles. The molecule has 3 atom stereocenters. The molecule has 1 aromatic heterocycles. The van der Waals surface area contributed by atoms with Crippen molar-refractivity contribution in [1.29, 1.82) is 0 Å². The zero-order chi connectivity index (χ0) is 14.9. The SMILES string of the molecule is O=C(C[C@H]1C[C@H]2CC[C@H]1C2)N1CCCN(c2nccs2)CC1. The van der Waals surface area contributed by atoms with Crippen LogP contribution >= 0.6 is 11.3 Å². The van der Waals surface area contributed by atoms with Crippen molar-refractivity contribution in [2.24, 2.45) is 17.8 Å². The Morgan fingerprint density at radius 3 is 2.91 bits per heavy atom. The number of carbonyl (C=O) groups excluding carboxylic acids is 1. The molecule has 4 rings (SSSR count). The average molecular weight is 319 g/mol. The first-order valence-corrected chi connectivity index (χ1v) is 9.60. The Balaban J connectivity index is 1.32. The molecule has 0 spiro atoms. The fourth-order valence-electron chi connectivity index (χ4n) is 4.71. The summed E-state index contributed by atoms with van der Waals surface area (Å²) in [4.78, 5) is 21.5. The lowest BCUT2D eigenvalue weighted by Crippen LogP contribution is -2.36. The number of nitrogens with zero attached hydrogens (tertiary/aromatic N) is 3. The van der Waals surface area contributed by atoms with Crippen LogP contribution in [0.25, 0.3) is 0 Å². The molecule has 1 aromatic rings. The van der Waals surface area contributed by atoms with Crippen molar-refractivity contribution in [2.75, 3.05) is 31.1 Å². The van der Waals surface area contributed by atoms with Crippen molar-refractivity contribution in [2.45, 2.75) is 38.5 Å². The van der Waals surface area contributed by atoms with Crippen molar-refractivity contribution in [1.82, 2.24) is 9.88 Å². The van der Waals surface area contributed by atoms with E-state index < -0.39 is 0 Å². The predicted octanol–water partition coefficient (Wildman–Crippen LogP) is 3.01. The number of thiazole rings is 1. The predicted molar refractivity (Wildman–Crippen MR) is 89.1 cm³/mol. The molecule has 2 bridgehead atoms. The van der Waals surface area contributed by atoms with Gasteiger partial charge in [0, 0.05) is 44.2 Å². The second-order valence-corrected chi connectivity index (χ2v) is 8.05. The fourth-order valence-corrected chi connectivity index (χ4v) is 5.41. The molecule has 22 heavy (non-hydrogen) atoms. The summed E-state index contributed by atoms with van der Waals surface area (Å²) < 4.78 is 0. The van der Waals surface area contributed by atoms with Gasteiger partial charge in [0.2, 0.25) is 5.91 Å². The van der Waals surface area contributed by atoms with Crippen LogP contribution in [0.2, 0.25) is 0 Å². The van der Waals surface area contributed by atoms with Crippen molar-refractivity contribution in [3.8, 4) is 0 Å². The lowest BCUT2D eigenvalue weighted by molar-refractivity contribution is -0.132. The van der Waals surface area contributed by atoms with Gasteiger partial charge < -0.3 is 9.80 Å². The molecular formula is C17H25N3OS. The summed E-state index contributed by atoms with van der Waals surface area (Å²) in [6, 6.07) is 0. The van der Waals surface area contributed by atoms with Gasteiger partial charge in [-0.15, -0.1) is 11.3 Å². The number of fused-ring (bicyclic) bond motifs is 2. The maximum absolute atomic E-state index is 12.7. The maximum atomic E-state index is 12.7. The van der Waals surface area contributed by atoms with E-state index in [0.29, 0.717) is 11.8 Å². The quantitative estimate of drug-likeness (QED) is 0.859. The zero-order valence-electron chi connectivity index (χ0n) is 13.1. The summed E-state index contributed by atoms with van der Waals surface area (Å²) in [7, 11) is 0. The fraction of sp³-hybridized carbons (Fsp3) is 0.765. The summed E-state index contributed by atoms with van der Waals surface area (Å²) in [5, 5.41) is 3.13. The van der Waals surface area contributed by atoms with Crippen LogP contribution in [0, 0.1) is 17.8 Å². The third-order valence-corrected chi connectivity index (χ3v) is 6.69. The van der Waals surface area contributed by atoms with E-state index in [1.807, 2.05) is 11.6 Å². The Bertz CT molecular complexity index is 518. The number of rotatable bonds is 3. The van der Waals surface area contributed by atoms with Crippen molar-refractivity contribution >= 4 is 22.4 Å². The minimum absolute atomic E-state index is 0.401. The molecule has 2 aliphatic carbocycles. The van der Waals surface area contributed by atoms with Gasteiger partial charge in [-0.25, -0.2) is 4.98 Å². The minimum atomic E-state index is 0.401. The second-order valence-electron chi connectivity index (χ2n) is 7.18. The van der Waals surface area contributed by atoms with Crippen LogP contribution in [-0.4, -0.2) is 42.0 Å². The van der Waals surface area contributed by atoms with Gasteiger partial charge in [0.1, 0.15) is 0 Å². The molecule has 5 heteroatoms. The lowest BCUT2D eigenvalue weighted by Gasteiger charge is -2.26. The molecule has 3 fully saturated rings. The molecule has 4 nitrogen and oxygen atoms in total. The van der Waals surface area contributed by atoms with Gasteiger partial charge in [0.25, 0.3) is 0 Å². The van der Waals surface area contributed by atoms with E-state index >= 15 is 0 Å². The van der Waals surface area contributed by atoms with Crippen molar-refractivity contribution < 1.29 is 4.79 Å². The van der Waals surface area contributed by atoms with Crippen LogP contribution in [-0.2, 0) is 4.79 Å². The molecule has 2 saturated carbocycles. The number of anilines is 1. The van der Waals surface area contributed by atoms with E-state index in [4.69, 9.17) is 0 Å². The molecule has 3 aliphatic rings. The van der Waals surface area contributed by atoms with E-state index in [0.717, 1.165) is 56.0 Å². The Kier molecular flexibility index (Phi) is 4.07. The van der Waals surface area contributed by atoms with E-state index in [1.54, 1.807) is 11.3 Å². The standard InChI is InChI=1S/C17H25N3OS/c21-16(12-15-11-13-2-3-14(15)10-13)19-5-1-6-20(8-7-19)17-18-4-9-22-17/h4,9,13-15H,1-3,5-8,10-12H2/t13-,14-,15+/m0/s1. The Labute approximate surface area is 136 Å². The molecule has 120 valence electrons. The monoisotopic (exact) mass is 319 g/mol. The molecule has 0 radical (unpaired) electrons. The molecule has 2 heterocycles. The first-order valence-electron chi connectivity index (χ1n) is 8.72. The Morgan fingerprint density at radius 2 is 2.18 bits per heavy atom. The molecule has 0 N–H and O–H groups in total. The number of hydrogen-bond acceptors (Lipinski definition) is 4. The highest BCUT2D eigenvalue weighted by molar-refractivity contribution is 7.13. The van der Waals surface area contributed by atoms with Crippen LogP contribution in [0.1, 0.15) is 38.5 Å². The number of carbonyl (C=O) groups is 1. The number of amides is 1. The minimum Gasteiger partial charge on any atom is -0.346 e. The van der Waals surface area contributed by atoms with Crippen LogP contribution in [0.4, 0.5) is 5.13 Å². The van der Waals surface area contributed by atoms with Crippen LogP contribution in [0.5, 0.6) is 0 Å². The van der Waals surface area contributed by atoms with Crippen molar-refractivity contribution in [3.05, 3.63) is 11.6 Å². The highest BCUT2D eigenvalue weighted by atomic mass is 32.1. The van der Waals surface area contributed by atoms with Gasteiger partial charge in [-0.3, -0.25) is 4.79 Å². The van der Waals surface area contributed by atoms with Gasteiger partial charge in [-0.05, 0) is 43.4 Å². The highest BCUT2D eigenvalue weighted by Crippen LogP contribution is 2.49. The van der Waals surface area contributed by atoms with Gasteiger partial charge >= 0.3 is 0 Å². The summed E-state index contributed by atoms with van der Waals surface area (Å²) in [5.41, 5.74) is 0. The Hall–Kier alpha value is -1.10. The van der Waals surface area contributed by atoms with Gasteiger partial charge in [-0.2, -0.15) is 0 Å². The molecule has 0 aromatic carbocycles. The average Bonchev–Trinajstić information content (AvgIpc) is 3.23. The summed E-state index contributed by atoms with van der Waals surface area (Å²) in [6.45, 7) is 3.72. The summed E-state index contributed by atoms with van der Waals surface area (Å²) in [5.74, 6) is 2.88. The number of hydrogen-bond donors (Lipinski definition) is 0. The largest absolute Gasteiger partial charge is 0.346 e. The normalized spacial score (nSPS) is 31.5. The van der Waals surface area contributed by atoms with Crippen LogP contribution in [0.15, 0.2) is 11.6 Å². The van der Waals surface area contributed by atoms with Gasteiger partial charge in [0.05, 0.1) is 0 Å². The Morgan fingerprint density at radius 1 is 1.23 bits per heavy atom. The lowest BCUT2D eigenvalue weighted by atomic mass is 9.86. The van der Waals surface area contributed by atoms with E-state index in [2.05, 4.69) is 14.8 Å². The third-order valence-electron chi connectivity index (χ3n) is 5.86. The topological polar surface area (TPSA) is 36.4 Å². The van der Waals surface area contributed by atoms with Crippen molar-refractivity contribution in [3.63, 3.8) is 0 Å². The van der Waals surface area contributed by atoms with Gasteiger partial charge in [-0.1, -0.05) is 6.42 Å². The number of aromatic nitrogens is 1. The summed E-state index contributed by atoms with van der Waals surface area (Å²) >= 11 is 1.69. The van der Waals surface area contributed by atoms with E-state index in [1.165, 1.54) is 25.7 Å². The molecule has 0 unspecified atom stereocenters. The van der Waals surface area contributed by atoms with Gasteiger partial charge in [0.15, 0.2) is 5.13 Å². The first-order chi connectivity index (χ1) is 10.8. The van der Waals surface area contributed by atoms with Crippen LogP contribution in [0.3, 0.4) is 0 Å². The molecular weight excluding hydrogens is 294 g/mol. The third kappa shape index (κ3) is 2.87. The van der Waals surface area contributed by atoms with Crippen LogP contribution < -0.4 is 4.90 Å². The highest BCUT2D eigenvalue weighted by Gasteiger charge is 2.40. The smallest absolute Gasteiger partial charge is 0.222 e. The molecule has 1 amide bonds.